The molecule has 45 heavy (non-hydrogen) atoms. The lowest BCUT2D eigenvalue weighted by Crippen LogP contribution is -2.11. The van der Waals surface area contributed by atoms with Gasteiger partial charge in [-0.1, -0.05) is 103 Å². The monoisotopic (exact) mass is 577 g/mol. The van der Waals surface area contributed by atoms with E-state index < -0.39 is 0 Å². The molecule has 0 aliphatic heterocycles. The minimum absolute atomic E-state index is 0.777. The highest BCUT2D eigenvalue weighted by Gasteiger charge is 2.19. The molecule has 0 atom stereocenters. The highest BCUT2D eigenvalue weighted by molar-refractivity contribution is 6.10. The Labute approximate surface area is 260 Å². The van der Waals surface area contributed by atoms with E-state index in [1.54, 1.807) is 0 Å². The molecule has 3 heterocycles. The number of pyridine rings is 1. The van der Waals surface area contributed by atoms with E-state index in [4.69, 9.17) is 9.40 Å². The molecule has 9 rings (SSSR count). The summed E-state index contributed by atoms with van der Waals surface area (Å²) in [6.07, 6.45) is 1.84. The van der Waals surface area contributed by atoms with Crippen molar-refractivity contribution in [3.63, 3.8) is 0 Å². The molecule has 0 unspecified atom stereocenters. The zero-order valence-electron chi connectivity index (χ0n) is 24.3. The number of hydrogen-bond donors (Lipinski definition) is 0. The van der Waals surface area contributed by atoms with Gasteiger partial charge in [0.2, 0.25) is 0 Å². The number of fused-ring (bicyclic) bond motifs is 6. The lowest BCUT2D eigenvalue weighted by molar-refractivity contribution is 0.667. The Morgan fingerprint density at radius 2 is 1.11 bits per heavy atom. The Bertz CT molecular complexity index is 2480. The molecule has 0 saturated heterocycles. The Hall–Kier alpha value is -6.13. The van der Waals surface area contributed by atoms with Crippen LogP contribution in [-0.4, -0.2) is 9.55 Å². The first-order valence-corrected chi connectivity index (χ1v) is 15.1. The molecule has 0 spiro atoms. The summed E-state index contributed by atoms with van der Waals surface area (Å²) < 4.78 is 8.49. The fourth-order valence-corrected chi connectivity index (χ4v) is 6.54. The van der Waals surface area contributed by atoms with Gasteiger partial charge in [-0.05, 0) is 65.7 Å². The van der Waals surface area contributed by atoms with E-state index in [-0.39, 0.29) is 0 Å². The number of para-hydroxylation sites is 3. The van der Waals surface area contributed by atoms with Crippen molar-refractivity contribution in [2.75, 3.05) is 4.90 Å². The molecule has 0 aliphatic carbocycles. The number of nitrogens with zero attached hydrogens (tertiary/aromatic N) is 3. The lowest BCUT2D eigenvalue weighted by atomic mass is 10.0. The minimum Gasteiger partial charge on any atom is -0.454 e. The van der Waals surface area contributed by atoms with Crippen molar-refractivity contribution in [3.8, 4) is 16.8 Å². The van der Waals surface area contributed by atoms with Crippen LogP contribution in [0.1, 0.15) is 0 Å². The Morgan fingerprint density at radius 1 is 0.467 bits per heavy atom. The maximum absolute atomic E-state index is 6.14. The average Bonchev–Trinajstić information content (AvgIpc) is 3.65. The SMILES string of the molecule is c1ccc(-c2ccc(N(c3ccc4c5ccccc5n(-c5ccccc5)c4c3)c3cc4c(cn3)oc3ccccc34)cc2)cc1. The number of hydrogen-bond acceptors (Lipinski definition) is 3. The van der Waals surface area contributed by atoms with Gasteiger partial charge in [-0.3, -0.25) is 4.90 Å². The van der Waals surface area contributed by atoms with Crippen LogP contribution in [0.4, 0.5) is 17.2 Å². The number of aromatic nitrogens is 2. The van der Waals surface area contributed by atoms with E-state index in [9.17, 15) is 0 Å². The Morgan fingerprint density at radius 3 is 1.93 bits per heavy atom. The average molecular weight is 578 g/mol. The van der Waals surface area contributed by atoms with Gasteiger partial charge < -0.3 is 8.98 Å². The molecule has 0 saturated carbocycles. The van der Waals surface area contributed by atoms with Gasteiger partial charge >= 0.3 is 0 Å². The van der Waals surface area contributed by atoms with Crippen molar-refractivity contribution >= 4 is 60.9 Å². The van der Waals surface area contributed by atoms with Crippen LogP contribution >= 0.6 is 0 Å². The smallest absolute Gasteiger partial charge is 0.153 e. The van der Waals surface area contributed by atoms with Crippen molar-refractivity contribution in [3.05, 3.63) is 164 Å². The Balaban J connectivity index is 1.28. The van der Waals surface area contributed by atoms with E-state index >= 15 is 0 Å². The lowest BCUT2D eigenvalue weighted by Gasteiger charge is -2.25. The van der Waals surface area contributed by atoms with Crippen LogP contribution in [0, 0.1) is 0 Å². The number of anilines is 3. The molecule has 212 valence electrons. The summed E-state index contributed by atoms with van der Waals surface area (Å²) in [5.41, 5.74) is 9.49. The van der Waals surface area contributed by atoms with Crippen LogP contribution in [0.5, 0.6) is 0 Å². The van der Waals surface area contributed by atoms with Gasteiger partial charge in [0.25, 0.3) is 0 Å². The van der Waals surface area contributed by atoms with Crippen LogP contribution in [0.2, 0.25) is 0 Å². The van der Waals surface area contributed by atoms with Crippen molar-refractivity contribution < 1.29 is 4.42 Å². The van der Waals surface area contributed by atoms with Crippen LogP contribution in [0.3, 0.4) is 0 Å². The molecule has 0 bridgehead atoms. The molecule has 0 amide bonds. The van der Waals surface area contributed by atoms with Crippen molar-refractivity contribution in [2.24, 2.45) is 0 Å². The van der Waals surface area contributed by atoms with E-state index in [2.05, 4.69) is 143 Å². The standard InChI is InChI=1S/C41H27N3O/c1-3-11-28(12-4-1)29-19-21-31(22-20-29)43(41-26-36-35-16-8-10-18-39(35)45-40(36)27-42-41)32-23-24-34-33-15-7-9-17-37(33)44(38(34)25-32)30-13-5-2-6-14-30/h1-27H. The second-order valence-corrected chi connectivity index (χ2v) is 11.3. The fourth-order valence-electron chi connectivity index (χ4n) is 6.54. The summed E-state index contributed by atoms with van der Waals surface area (Å²) in [7, 11) is 0. The molecule has 4 heteroatoms. The van der Waals surface area contributed by atoms with E-state index in [0.717, 1.165) is 50.3 Å². The van der Waals surface area contributed by atoms with Crippen LogP contribution in [-0.2, 0) is 0 Å². The van der Waals surface area contributed by atoms with Crippen molar-refractivity contribution in [1.82, 2.24) is 9.55 Å². The van der Waals surface area contributed by atoms with Gasteiger partial charge in [-0.25, -0.2) is 4.98 Å². The molecule has 4 nitrogen and oxygen atoms in total. The second kappa shape index (κ2) is 10.2. The van der Waals surface area contributed by atoms with Gasteiger partial charge in [0.1, 0.15) is 11.4 Å². The quantitative estimate of drug-likeness (QED) is 0.204. The van der Waals surface area contributed by atoms with E-state index in [1.807, 2.05) is 30.5 Å². The first-order chi connectivity index (χ1) is 22.3. The summed E-state index contributed by atoms with van der Waals surface area (Å²) >= 11 is 0. The van der Waals surface area contributed by atoms with Crippen LogP contribution in [0.25, 0.3) is 60.6 Å². The summed E-state index contributed by atoms with van der Waals surface area (Å²) in [4.78, 5) is 7.20. The first kappa shape index (κ1) is 25.4. The van der Waals surface area contributed by atoms with Gasteiger partial charge in [0.05, 0.1) is 17.2 Å². The molecule has 0 aliphatic rings. The summed E-state index contributed by atoms with van der Waals surface area (Å²) in [5.74, 6) is 0.822. The molecule has 0 N–H and O–H groups in total. The fraction of sp³-hybridized carbons (Fsp3) is 0. The van der Waals surface area contributed by atoms with Crippen molar-refractivity contribution in [1.29, 1.82) is 0 Å². The third-order valence-corrected chi connectivity index (χ3v) is 8.64. The zero-order valence-corrected chi connectivity index (χ0v) is 24.3. The number of rotatable bonds is 5. The summed E-state index contributed by atoms with van der Waals surface area (Å²) in [6, 6.07) is 55.4. The second-order valence-electron chi connectivity index (χ2n) is 11.3. The predicted octanol–water partition coefficient (Wildman–Crippen LogP) is 11.2. The van der Waals surface area contributed by atoms with Gasteiger partial charge in [-0.2, -0.15) is 0 Å². The maximum Gasteiger partial charge on any atom is 0.153 e. The molecule has 0 radical (unpaired) electrons. The molecular formula is C41H27N3O. The largest absolute Gasteiger partial charge is 0.454 e. The third-order valence-electron chi connectivity index (χ3n) is 8.64. The minimum atomic E-state index is 0.777. The topological polar surface area (TPSA) is 34.2 Å². The van der Waals surface area contributed by atoms with E-state index in [1.165, 1.54) is 27.4 Å². The molecule has 9 aromatic rings. The molecule has 3 aromatic heterocycles. The highest BCUT2D eigenvalue weighted by atomic mass is 16.3. The van der Waals surface area contributed by atoms with Gasteiger partial charge in [0, 0.05) is 38.6 Å². The molecule has 0 fully saturated rings. The molecule has 6 aromatic carbocycles. The van der Waals surface area contributed by atoms with Gasteiger partial charge in [-0.15, -0.1) is 0 Å². The van der Waals surface area contributed by atoms with E-state index in [0.29, 0.717) is 0 Å². The zero-order chi connectivity index (χ0) is 29.7. The number of furan rings is 1. The first-order valence-electron chi connectivity index (χ1n) is 15.1. The van der Waals surface area contributed by atoms with Crippen LogP contribution in [0.15, 0.2) is 168 Å². The number of benzene rings is 6. The third kappa shape index (κ3) is 4.19. The molecular weight excluding hydrogens is 550 g/mol. The van der Waals surface area contributed by atoms with Crippen LogP contribution < -0.4 is 4.90 Å². The van der Waals surface area contributed by atoms with Crippen molar-refractivity contribution in [2.45, 2.75) is 0 Å². The normalized spacial score (nSPS) is 11.6. The summed E-state index contributed by atoms with van der Waals surface area (Å²) in [6.45, 7) is 0. The maximum atomic E-state index is 6.14. The Kier molecular flexibility index (Phi) is 5.78. The highest BCUT2D eigenvalue weighted by Crippen LogP contribution is 2.41. The van der Waals surface area contributed by atoms with Gasteiger partial charge in [0.15, 0.2) is 5.58 Å². The predicted molar refractivity (Wildman–Crippen MR) is 186 cm³/mol. The summed E-state index contributed by atoms with van der Waals surface area (Å²) in [5, 5.41) is 4.56.